The summed E-state index contributed by atoms with van der Waals surface area (Å²) in [5.41, 5.74) is 5.05. The van der Waals surface area contributed by atoms with E-state index in [0.717, 1.165) is 57.6 Å². The Morgan fingerprint density at radius 3 is 2.69 bits per heavy atom. The number of aliphatic imine (C=N–C) groups is 1. The van der Waals surface area contributed by atoms with Gasteiger partial charge in [0.05, 0.1) is 13.2 Å². The number of aromatic nitrogens is 1. The zero-order chi connectivity index (χ0) is 22.5. The topological polar surface area (TPSA) is 56.2 Å². The number of pyridine rings is 1. The van der Waals surface area contributed by atoms with Crippen LogP contribution in [0, 0.1) is 13.8 Å². The third kappa shape index (κ3) is 5.40. The van der Waals surface area contributed by atoms with Gasteiger partial charge in [-0.1, -0.05) is 23.8 Å². The molecule has 2 fully saturated rings. The monoisotopic (exact) mass is 436 g/mol. The van der Waals surface area contributed by atoms with Crippen LogP contribution in [0.1, 0.15) is 28.4 Å². The van der Waals surface area contributed by atoms with E-state index >= 15 is 0 Å². The van der Waals surface area contributed by atoms with Crippen LogP contribution in [0.3, 0.4) is 0 Å². The molecular formula is C25H36N6O. The molecule has 2 aliphatic rings. The summed E-state index contributed by atoms with van der Waals surface area (Å²) in [6.45, 7) is 11.6. The number of hydrogen-bond donors (Lipinski definition) is 1. The summed E-state index contributed by atoms with van der Waals surface area (Å²) in [5.74, 6) is 1.98. The molecular weight excluding hydrogens is 400 g/mol. The van der Waals surface area contributed by atoms with E-state index in [1.54, 1.807) is 0 Å². The first kappa shape index (κ1) is 22.6. The lowest BCUT2D eigenvalue weighted by molar-refractivity contribution is -0.00834. The van der Waals surface area contributed by atoms with Crippen molar-refractivity contribution in [2.45, 2.75) is 26.5 Å². The van der Waals surface area contributed by atoms with E-state index in [2.05, 4.69) is 81.2 Å². The number of nitrogens with zero attached hydrogens (tertiary/aromatic N) is 5. The Labute approximate surface area is 192 Å². The first-order valence-corrected chi connectivity index (χ1v) is 11.6. The third-order valence-electron chi connectivity index (χ3n) is 6.44. The van der Waals surface area contributed by atoms with Gasteiger partial charge < -0.3 is 24.8 Å². The summed E-state index contributed by atoms with van der Waals surface area (Å²) in [7, 11) is 4.03. The second kappa shape index (κ2) is 10.3. The number of guanidine groups is 1. The number of piperazine rings is 1. The molecule has 3 heterocycles. The van der Waals surface area contributed by atoms with E-state index in [0.29, 0.717) is 6.61 Å². The molecule has 1 aromatic heterocycles. The molecule has 0 radical (unpaired) electrons. The van der Waals surface area contributed by atoms with Gasteiger partial charge in [-0.05, 0) is 49.7 Å². The highest BCUT2D eigenvalue weighted by Crippen LogP contribution is 2.26. The fraction of sp³-hybridized carbons (Fsp3) is 0.520. The Hall–Kier alpha value is -2.64. The third-order valence-corrected chi connectivity index (χ3v) is 6.44. The average Bonchev–Trinajstić information content (AvgIpc) is 2.80. The fourth-order valence-corrected chi connectivity index (χ4v) is 4.51. The van der Waals surface area contributed by atoms with Crippen LogP contribution in [0.5, 0.6) is 0 Å². The van der Waals surface area contributed by atoms with Crippen molar-refractivity contribution < 1.29 is 4.74 Å². The normalized spacial score (nSPS) is 20.5. The molecule has 1 atom stereocenters. The predicted octanol–water partition coefficient (Wildman–Crippen LogP) is 2.60. The number of aryl methyl sites for hydroxylation is 2. The van der Waals surface area contributed by atoms with Crippen molar-refractivity contribution in [2.75, 3.05) is 64.9 Å². The van der Waals surface area contributed by atoms with Crippen LogP contribution in [0.25, 0.3) is 0 Å². The summed E-state index contributed by atoms with van der Waals surface area (Å²) in [6, 6.07) is 10.9. The molecule has 0 amide bonds. The van der Waals surface area contributed by atoms with Gasteiger partial charge in [0.1, 0.15) is 11.9 Å². The Balaban J connectivity index is 1.38. The zero-order valence-corrected chi connectivity index (χ0v) is 19.8. The predicted molar refractivity (Wildman–Crippen MR) is 130 cm³/mol. The number of anilines is 1. The molecule has 32 heavy (non-hydrogen) atoms. The van der Waals surface area contributed by atoms with E-state index in [1.165, 1.54) is 22.3 Å². The molecule has 1 N–H and O–H groups in total. The lowest BCUT2D eigenvalue weighted by atomic mass is 10.00. The molecule has 1 unspecified atom stereocenters. The molecule has 0 bridgehead atoms. The maximum Gasteiger partial charge on any atom is 0.194 e. The standard InChI is InChI=1S/C25H36N6O/c1-19-5-6-22(20(2)15-19)23-18-31(13-14-32-23)25(26-3)28-17-21-7-8-27-24(16-21)30-11-9-29(4)10-12-30/h5-8,15-16,23H,9-14,17-18H2,1-4H3,(H,26,28). The largest absolute Gasteiger partial charge is 0.370 e. The summed E-state index contributed by atoms with van der Waals surface area (Å²) < 4.78 is 6.12. The van der Waals surface area contributed by atoms with Crippen molar-refractivity contribution >= 4 is 11.8 Å². The number of rotatable bonds is 4. The lowest BCUT2D eigenvalue weighted by Crippen LogP contribution is -2.48. The van der Waals surface area contributed by atoms with E-state index in [-0.39, 0.29) is 6.10 Å². The van der Waals surface area contributed by atoms with Crippen LogP contribution >= 0.6 is 0 Å². The minimum atomic E-state index is 0.0626. The van der Waals surface area contributed by atoms with Crippen molar-refractivity contribution in [3.63, 3.8) is 0 Å². The smallest absolute Gasteiger partial charge is 0.194 e. The molecule has 2 saturated heterocycles. The van der Waals surface area contributed by atoms with Gasteiger partial charge in [-0.2, -0.15) is 0 Å². The molecule has 172 valence electrons. The Bertz CT molecular complexity index is 938. The number of ether oxygens (including phenoxy) is 1. The Morgan fingerprint density at radius 1 is 1.12 bits per heavy atom. The minimum Gasteiger partial charge on any atom is -0.370 e. The van der Waals surface area contributed by atoms with Gasteiger partial charge in [0.25, 0.3) is 0 Å². The average molecular weight is 437 g/mol. The molecule has 0 spiro atoms. The van der Waals surface area contributed by atoms with Gasteiger partial charge in [-0.3, -0.25) is 4.99 Å². The van der Waals surface area contributed by atoms with Gasteiger partial charge >= 0.3 is 0 Å². The molecule has 1 aromatic carbocycles. The van der Waals surface area contributed by atoms with Gasteiger partial charge in [0.2, 0.25) is 0 Å². The van der Waals surface area contributed by atoms with Gasteiger partial charge in [-0.15, -0.1) is 0 Å². The molecule has 0 saturated carbocycles. The van der Waals surface area contributed by atoms with Crippen molar-refractivity contribution in [1.29, 1.82) is 0 Å². The highest BCUT2D eigenvalue weighted by Gasteiger charge is 2.25. The van der Waals surface area contributed by atoms with Crippen LogP contribution in [0.15, 0.2) is 41.5 Å². The van der Waals surface area contributed by atoms with Gasteiger partial charge in [0.15, 0.2) is 5.96 Å². The molecule has 0 aliphatic carbocycles. The molecule has 7 heteroatoms. The van der Waals surface area contributed by atoms with Gasteiger partial charge in [-0.25, -0.2) is 4.98 Å². The minimum absolute atomic E-state index is 0.0626. The number of likely N-dealkylation sites (N-methyl/N-ethyl adjacent to an activating group) is 1. The maximum absolute atomic E-state index is 6.12. The molecule has 2 aliphatic heterocycles. The zero-order valence-electron chi connectivity index (χ0n) is 19.8. The van der Waals surface area contributed by atoms with Crippen LogP contribution < -0.4 is 10.2 Å². The summed E-state index contributed by atoms with van der Waals surface area (Å²) in [4.78, 5) is 16.2. The van der Waals surface area contributed by atoms with E-state index < -0.39 is 0 Å². The van der Waals surface area contributed by atoms with Crippen LogP contribution in [-0.2, 0) is 11.3 Å². The highest BCUT2D eigenvalue weighted by atomic mass is 16.5. The highest BCUT2D eigenvalue weighted by molar-refractivity contribution is 5.80. The molecule has 2 aromatic rings. The summed E-state index contributed by atoms with van der Waals surface area (Å²) in [5, 5.41) is 3.55. The van der Waals surface area contributed by atoms with E-state index in [4.69, 9.17) is 4.74 Å². The second-order valence-corrected chi connectivity index (χ2v) is 8.88. The van der Waals surface area contributed by atoms with Crippen molar-refractivity contribution in [1.82, 2.24) is 20.1 Å². The van der Waals surface area contributed by atoms with E-state index in [9.17, 15) is 0 Å². The first-order chi connectivity index (χ1) is 15.5. The van der Waals surface area contributed by atoms with Crippen LogP contribution in [0.4, 0.5) is 5.82 Å². The van der Waals surface area contributed by atoms with E-state index in [1.807, 2.05) is 13.2 Å². The van der Waals surface area contributed by atoms with Gasteiger partial charge in [0, 0.05) is 52.5 Å². The summed E-state index contributed by atoms with van der Waals surface area (Å²) >= 11 is 0. The summed E-state index contributed by atoms with van der Waals surface area (Å²) in [6.07, 6.45) is 1.98. The van der Waals surface area contributed by atoms with Crippen molar-refractivity contribution in [3.05, 3.63) is 58.8 Å². The number of morpholine rings is 1. The Morgan fingerprint density at radius 2 is 1.94 bits per heavy atom. The quantitative estimate of drug-likeness (QED) is 0.587. The number of nitrogens with one attached hydrogen (secondary N) is 1. The number of benzene rings is 1. The first-order valence-electron chi connectivity index (χ1n) is 11.6. The SMILES string of the molecule is CN=C(NCc1ccnc(N2CCN(C)CC2)c1)N1CCOC(c2ccc(C)cc2C)C1. The maximum atomic E-state index is 6.12. The Kier molecular flexibility index (Phi) is 7.27. The fourth-order valence-electron chi connectivity index (χ4n) is 4.51. The van der Waals surface area contributed by atoms with Crippen molar-refractivity contribution in [2.24, 2.45) is 4.99 Å². The molecule has 7 nitrogen and oxygen atoms in total. The lowest BCUT2D eigenvalue weighted by Gasteiger charge is -2.36. The van der Waals surface area contributed by atoms with Crippen LogP contribution in [0.2, 0.25) is 0 Å². The number of hydrogen-bond acceptors (Lipinski definition) is 5. The van der Waals surface area contributed by atoms with Crippen LogP contribution in [-0.4, -0.2) is 80.7 Å². The second-order valence-electron chi connectivity index (χ2n) is 8.88. The van der Waals surface area contributed by atoms with Crippen molar-refractivity contribution in [3.8, 4) is 0 Å². The molecule has 4 rings (SSSR count).